The molecule has 0 atom stereocenters. The van der Waals surface area contributed by atoms with Crippen molar-refractivity contribution in [3.63, 3.8) is 0 Å². The summed E-state index contributed by atoms with van der Waals surface area (Å²) in [6.07, 6.45) is 0. The molecule has 0 amide bonds. The third kappa shape index (κ3) is 3.58. The largest absolute Gasteiger partial charge is 0.248 e. The maximum Gasteiger partial charge on any atom is 0.0972 e. The average molecular weight is 460 g/mol. The molecule has 0 radical (unpaired) electrons. The number of para-hydroxylation sites is 1. The lowest BCUT2D eigenvalue weighted by Gasteiger charge is -2.09. The van der Waals surface area contributed by atoms with Gasteiger partial charge in [0.25, 0.3) is 0 Å². The Kier molecular flexibility index (Phi) is 4.78. The van der Waals surface area contributed by atoms with Gasteiger partial charge < -0.3 is 0 Å². The second kappa shape index (κ2) is 8.40. The van der Waals surface area contributed by atoms with Crippen LogP contribution in [0, 0.1) is 0 Å². The van der Waals surface area contributed by atoms with Gasteiger partial charge in [-0.15, -0.1) is 0 Å². The van der Waals surface area contributed by atoms with Crippen LogP contribution in [-0.4, -0.2) is 15.0 Å². The van der Waals surface area contributed by atoms with Crippen LogP contribution in [0.1, 0.15) is 0 Å². The van der Waals surface area contributed by atoms with Crippen LogP contribution in [0.25, 0.3) is 66.5 Å². The van der Waals surface area contributed by atoms with E-state index in [0.717, 1.165) is 66.5 Å². The maximum absolute atomic E-state index is 5.11. The molecule has 3 aromatic heterocycles. The molecule has 3 nitrogen and oxygen atoms in total. The number of aromatic nitrogens is 3. The highest BCUT2D eigenvalue weighted by molar-refractivity contribution is 6.04. The van der Waals surface area contributed by atoms with E-state index in [-0.39, 0.29) is 0 Å². The molecule has 168 valence electrons. The quantitative estimate of drug-likeness (QED) is 0.249. The first-order chi connectivity index (χ1) is 17.8. The van der Waals surface area contributed by atoms with Crippen LogP contribution in [0.3, 0.4) is 0 Å². The van der Waals surface area contributed by atoms with Crippen molar-refractivity contribution in [1.82, 2.24) is 15.0 Å². The third-order valence-corrected chi connectivity index (χ3v) is 6.64. The molecule has 4 aromatic carbocycles. The standard InChI is InChI=1S/C33H21N3/c1-2-7-22(8-3-1)29-19-16-24-13-14-25-17-20-31(36-33(25)32(24)35-29)27-11-6-10-26(21-27)30-18-15-23-9-4-5-12-28(23)34-30/h1-21H. The molecule has 7 aromatic rings. The molecule has 0 aliphatic rings. The SMILES string of the molecule is c1ccc(-c2ccc3ccc4ccc(-c5cccc(-c6ccc7ccccc7n6)c5)nc4c3n2)cc1. The molecule has 0 bridgehead atoms. The Morgan fingerprint density at radius 1 is 0.333 bits per heavy atom. The molecule has 36 heavy (non-hydrogen) atoms. The fourth-order valence-electron chi connectivity index (χ4n) is 4.76. The zero-order chi connectivity index (χ0) is 23.9. The number of rotatable bonds is 3. The van der Waals surface area contributed by atoms with Crippen LogP contribution >= 0.6 is 0 Å². The summed E-state index contributed by atoms with van der Waals surface area (Å²) in [4.78, 5) is 15.0. The summed E-state index contributed by atoms with van der Waals surface area (Å²) in [5.74, 6) is 0. The highest BCUT2D eigenvalue weighted by Gasteiger charge is 2.10. The first kappa shape index (κ1) is 20.5. The topological polar surface area (TPSA) is 38.7 Å². The molecular formula is C33H21N3. The van der Waals surface area contributed by atoms with Crippen molar-refractivity contribution in [3.05, 3.63) is 127 Å². The highest BCUT2D eigenvalue weighted by Crippen LogP contribution is 2.30. The molecule has 0 N–H and O–H groups in total. The Bertz CT molecular complexity index is 1890. The number of nitrogens with zero attached hydrogens (tertiary/aromatic N) is 3. The van der Waals surface area contributed by atoms with Crippen molar-refractivity contribution >= 4 is 32.7 Å². The Morgan fingerprint density at radius 2 is 0.833 bits per heavy atom. The van der Waals surface area contributed by atoms with Gasteiger partial charge in [0.1, 0.15) is 0 Å². The minimum absolute atomic E-state index is 0.914. The van der Waals surface area contributed by atoms with Gasteiger partial charge >= 0.3 is 0 Å². The molecular weight excluding hydrogens is 438 g/mol. The van der Waals surface area contributed by atoms with Gasteiger partial charge in [-0.1, -0.05) is 97.1 Å². The zero-order valence-electron chi connectivity index (χ0n) is 19.5. The second-order valence-electron chi connectivity index (χ2n) is 8.94. The molecule has 0 spiro atoms. The number of hydrogen-bond acceptors (Lipinski definition) is 3. The van der Waals surface area contributed by atoms with E-state index in [9.17, 15) is 0 Å². The van der Waals surface area contributed by atoms with E-state index in [1.807, 2.05) is 30.3 Å². The lowest BCUT2D eigenvalue weighted by atomic mass is 10.0. The van der Waals surface area contributed by atoms with Crippen molar-refractivity contribution in [2.45, 2.75) is 0 Å². The molecule has 3 heteroatoms. The summed E-state index contributed by atoms with van der Waals surface area (Å²) >= 11 is 0. The summed E-state index contributed by atoms with van der Waals surface area (Å²) in [6, 6.07) is 43.8. The van der Waals surface area contributed by atoms with E-state index in [0.29, 0.717) is 0 Å². The van der Waals surface area contributed by atoms with Crippen LogP contribution in [-0.2, 0) is 0 Å². The van der Waals surface area contributed by atoms with E-state index in [2.05, 4.69) is 97.1 Å². The van der Waals surface area contributed by atoms with Crippen LogP contribution in [0.4, 0.5) is 0 Å². The van der Waals surface area contributed by atoms with Gasteiger partial charge in [-0.3, -0.25) is 0 Å². The van der Waals surface area contributed by atoms with E-state index in [1.54, 1.807) is 0 Å². The van der Waals surface area contributed by atoms with Gasteiger partial charge in [0.05, 0.1) is 33.6 Å². The van der Waals surface area contributed by atoms with Gasteiger partial charge in [0.15, 0.2) is 0 Å². The van der Waals surface area contributed by atoms with E-state index in [4.69, 9.17) is 15.0 Å². The van der Waals surface area contributed by atoms with Crippen molar-refractivity contribution in [1.29, 1.82) is 0 Å². The van der Waals surface area contributed by atoms with Crippen LogP contribution in [0.15, 0.2) is 127 Å². The molecule has 7 rings (SSSR count). The predicted molar refractivity (Wildman–Crippen MR) is 149 cm³/mol. The van der Waals surface area contributed by atoms with Gasteiger partial charge in [-0.05, 0) is 30.3 Å². The fraction of sp³-hybridized carbons (Fsp3) is 0. The van der Waals surface area contributed by atoms with E-state index in [1.165, 1.54) is 0 Å². The van der Waals surface area contributed by atoms with Gasteiger partial charge in [-0.25, -0.2) is 15.0 Å². The van der Waals surface area contributed by atoms with Gasteiger partial charge in [0.2, 0.25) is 0 Å². The highest BCUT2D eigenvalue weighted by atomic mass is 14.8. The van der Waals surface area contributed by atoms with Crippen LogP contribution in [0.5, 0.6) is 0 Å². The van der Waals surface area contributed by atoms with E-state index >= 15 is 0 Å². The molecule has 0 aliphatic carbocycles. The smallest absolute Gasteiger partial charge is 0.0972 e. The molecule has 0 fully saturated rings. The molecule has 0 unspecified atom stereocenters. The summed E-state index contributed by atoms with van der Waals surface area (Å²) in [6.45, 7) is 0. The third-order valence-electron chi connectivity index (χ3n) is 6.64. The molecule has 3 heterocycles. The monoisotopic (exact) mass is 459 g/mol. The number of benzene rings is 4. The van der Waals surface area contributed by atoms with Gasteiger partial charge in [0, 0.05) is 32.8 Å². The number of fused-ring (bicyclic) bond motifs is 4. The van der Waals surface area contributed by atoms with Crippen LogP contribution in [0.2, 0.25) is 0 Å². The van der Waals surface area contributed by atoms with E-state index < -0.39 is 0 Å². The minimum atomic E-state index is 0.914. The average Bonchev–Trinajstić information content (AvgIpc) is 2.97. The summed E-state index contributed by atoms with van der Waals surface area (Å²) in [5, 5.41) is 3.31. The first-order valence-electron chi connectivity index (χ1n) is 12.0. The minimum Gasteiger partial charge on any atom is -0.248 e. The summed E-state index contributed by atoms with van der Waals surface area (Å²) in [5.41, 5.74) is 8.88. The molecule has 0 saturated heterocycles. The Balaban J connectivity index is 1.35. The van der Waals surface area contributed by atoms with Crippen molar-refractivity contribution in [3.8, 4) is 33.8 Å². The Labute approximate surface area is 208 Å². The van der Waals surface area contributed by atoms with Crippen molar-refractivity contribution in [2.75, 3.05) is 0 Å². The Morgan fingerprint density at radius 3 is 1.53 bits per heavy atom. The molecule has 0 aliphatic heterocycles. The first-order valence-corrected chi connectivity index (χ1v) is 12.0. The zero-order valence-corrected chi connectivity index (χ0v) is 19.5. The fourth-order valence-corrected chi connectivity index (χ4v) is 4.76. The van der Waals surface area contributed by atoms with Gasteiger partial charge in [-0.2, -0.15) is 0 Å². The van der Waals surface area contributed by atoms with Crippen molar-refractivity contribution in [2.24, 2.45) is 0 Å². The molecule has 0 saturated carbocycles. The van der Waals surface area contributed by atoms with Crippen molar-refractivity contribution < 1.29 is 0 Å². The summed E-state index contributed by atoms with van der Waals surface area (Å²) < 4.78 is 0. The maximum atomic E-state index is 5.11. The summed E-state index contributed by atoms with van der Waals surface area (Å²) in [7, 11) is 0. The van der Waals surface area contributed by atoms with Crippen LogP contribution < -0.4 is 0 Å². The number of pyridine rings is 3. The Hall–Kier alpha value is -4.89. The lowest BCUT2D eigenvalue weighted by molar-refractivity contribution is 1.36. The normalized spacial score (nSPS) is 11.3. The number of hydrogen-bond donors (Lipinski definition) is 0. The second-order valence-corrected chi connectivity index (χ2v) is 8.94. The lowest BCUT2D eigenvalue weighted by Crippen LogP contribution is -1.91. The predicted octanol–water partition coefficient (Wildman–Crippen LogP) is 8.33.